The highest BCUT2D eigenvalue weighted by molar-refractivity contribution is 7.39. The number of nitrogens with zero attached hydrogens (tertiary/aromatic N) is 1. The van der Waals surface area contributed by atoms with Crippen LogP contribution in [-0.2, 0) is 0 Å². The van der Waals surface area contributed by atoms with Crippen LogP contribution in [0.1, 0.15) is 16.7 Å². The van der Waals surface area contributed by atoms with Crippen molar-refractivity contribution in [1.29, 1.82) is 0 Å². The Morgan fingerprint density at radius 2 is 1.65 bits per heavy atom. The van der Waals surface area contributed by atoms with Gasteiger partial charge in [-0.3, -0.25) is 0 Å². The fourth-order valence-electron chi connectivity index (χ4n) is 1.66. The first-order chi connectivity index (χ1) is 9.65. The third kappa shape index (κ3) is 4.59. The maximum atomic E-state index is 5.58. The normalized spacial score (nSPS) is 11.3. The molecule has 0 amide bonds. The summed E-state index contributed by atoms with van der Waals surface area (Å²) in [4.78, 5) is 0. The molecule has 2 aromatic carbocycles. The molecule has 0 spiro atoms. The van der Waals surface area contributed by atoms with Crippen LogP contribution in [0.2, 0.25) is 0 Å². The number of aryl methyl sites for hydroxylation is 3. The van der Waals surface area contributed by atoms with Gasteiger partial charge in [-0.15, -0.1) is 0 Å². The molecular formula is C15H17NO2P2. The standard InChI is InChI=1S/C15H17NO2P2/c1-11-4-7-14(8-5-11)17-19-16-20-18-15-9-6-12(2)10-13(15)3/h4-10,19H,1-3H3. The van der Waals surface area contributed by atoms with E-state index in [1.54, 1.807) is 0 Å². The van der Waals surface area contributed by atoms with E-state index < -0.39 is 0 Å². The Morgan fingerprint density at radius 1 is 0.950 bits per heavy atom. The Kier molecular flexibility index (Phi) is 5.52. The summed E-state index contributed by atoms with van der Waals surface area (Å²) in [6.45, 7) is 6.14. The molecule has 2 rings (SSSR count). The van der Waals surface area contributed by atoms with Gasteiger partial charge in [-0.1, -0.05) is 35.4 Å². The second-order valence-electron chi connectivity index (χ2n) is 4.55. The molecule has 0 heterocycles. The Balaban J connectivity index is 1.80. The molecule has 20 heavy (non-hydrogen) atoms. The van der Waals surface area contributed by atoms with Crippen LogP contribution in [0.4, 0.5) is 0 Å². The van der Waals surface area contributed by atoms with Gasteiger partial charge in [0.25, 0.3) is 0 Å². The number of rotatable bonds is 5. The zero-order chi connectivity index (χ0) is 14.4. The van der Waals surface area contributed by atoms with Crippen LogP contribution in [0, 0.1) is 20.8 Å². The van der Waals surface area contributed by atoms with E-state index in [9.17, 15) is 0 Å². The molecule has 0 aliphatic carbocycles. The zero-order valence-corrected chi connectivity index (χ0v) is 13.6. The van der Waals surface area contributed by atoms with E-state index in [1.807, 2.05) is 50.2 Å². The van der Waals surface area contributed by atoms with Crippen molar-refractivity contribution < 1.29 is 9.05 Å². The maximum absolute atomic E-state index is 5.58. The number of hydrogen-bond acceptors (Lipinski definition) is 3. The van der Waals surface area contributed by atoms with Crippen molar-refractivity contribution in [3.8, 4) is 11.5 Å². The van der Waals surface area contributed by atoms with Crippen LogP contribution < -0.4 is 9.05 Å². The van der Waals surface area contributed by atoms with Crippen molar-refractivity contribution in [3.05, 3.63) is 59.2 Å². The molecule has 0 aliphatic heterocycles. The molecular weight excluding hydrogens is 288 g/mol. The summed E-state index contributed by atoms with van der Waals surface area (Å²) in [6, 6.07) is 14.0. The minimum absolute atomic E-state index is 0.0403. The lowest BCUT2D eigenvalue weighted by atomic mass is 10.1. The second kappa shape index (κ2) is 7.38. The van der Waals surface area contributed by atoms with Gasteiger partial charge in [0.2, 0.25) is 17.6 Å². The molecule has 3 nitrogen and oxygen atoms in total. The van der Waals surface area contributed by atoms with Gasteiger partial charge in [0.05, 0.1) is 0 Å². The average molecular weight is 305 g/mol. The predicted molar refractivity (Wildman–Crippen MR) is 86.0 cm³/mol. The van der Waals surface area contributed by atoms with Crippen LogP contribution in [0.25, 0.3) is 0 Å². The van der Waals surface area contributed by atoms with Gasteiger partial charge in [0.15, 0.2) is 0 Å². The van der Waals surface area contributed by atoms with E-state index in [-0.39, 0.29) is 8.96 Å². The molecule has 0 N–H and O–H groups in total. The van der Waals surface area contributed by atoms with Crippen LogP contribution >= 0.6 is 17.6 Å². The van der Waals surface area contributed by atoms with Gasteiger partial charge in [0.1, 0.15) is 11.5 Å². The molecule has 0 aliphatic rings. The number of hydrogen-bond donors (Lipinski definition) is 0. The van der Waals surface area contributed by atoms with Crippen LogP contribution in [0.15, 0.2) is 47.0 Å². The van der Waals surface area contributed by atoms with Crippen molar-refractivity contribution in [1.82, 2.24) is 0 Å². The molecule has 5 heteroatoms. The minimum Gasteiger partial charge on any atom is -0.454 e. The van der Waals surface area contributed by atoms with Crippen molar-refractivity contribution >= 4 is 17.6 Å². The monoisotopic (exact) mass is 305 g/mol. The highest BCUT2D eigenvalue weighted by Crippen LogP contribution is 2.28. The van der Waals surface area contributed by atoms with E-state index in [1.165, 1.54) is 11.1 Å². The summed E-state index contributed by atoms with van der Waals surface area (Å²) in [5.74, 6) is 1.69. The van der Waals surface area contributed by atoms with Crippen molar-refractivity contribution in [2.45, 2.75) is 20.8 Å². The minimum atomic E-state index is 0.0403. The molecule has 2 aromatic rings. The van der Waals surface area contributed by atoms with Crippen LogP contribution in [0.3, 0.4) is 0 Å². The fourth-order valence-corrected chi connectivity index (χ4v) is 2.66. The molecule has 0 saturated heterocycles. The molecule has 1 unspecified atom stereocenters. The lowest BCUT2D eigenvalue weighted by Crippen LogP contribution is -1.82. The SMILES string of the molecule is Cc1ccc(OPN=POc2ccc(C)cc2C)cc1. The molecule has 0 saturated carbocycles. The van der Waals surface area contributed by atoms with E-state index in [0.717, 1.165) is 17.1 Å². The van der Waals surface area contributed by atoms with Gasteiger partial charge in [-0.2, -0.15) is 4.52 Å². The van der Waals surface area contributed by atoms with Gasteiger partial charge < -0.3 is 9.05 Å². The van der Waals surface area contributed by atoms with E-state index in [0.29, 0.717) is 8.60 Å². The van der Waals surface area contributed by atoms with E-state index in [4.69, 9.17) is 9.05 Å². The van der Waals surface area contributed by atoms with Crippen molar-refractivity contribution in [3.63, 3.8) is 0 Å². The second-order valence-corrected chi connectivity index (χ2v) is 6.08. The summed E-state index contributed by atoms with van der Waals surface area (Å²) < 4.78 is 15.3. The summed E-state index contributed by atoms with van der Waals surface area (Å²) in [5.41, 5.74) is 3.57. The van der Waals surface area contributed by atoms with Crippen molar-refractivity contribution in [2.75, 3.05) is 0 Å². The molecule has 0 bridgehead atoms. The summed E-state index contributed by atoms with van der Waals surface area (Å²) in [7, 11) is 0.603. The highest BCUT2D eigenvalue weighted by Gasteiger charge is 1.98. The van der Waals surface area contributed by atoms with Gasteiger partial charge >= 0.3 is 0 Å². The lowest BCUT2D eigenvalue weighted by Gasteiger charge is -2.04. The first kappa shape index (κ1) is 15.0. The highest BCUT2D eigenvalue weighted by atomic mass is 31.1. The molecule has 0 fully saturated rings. The van der Waals surface area contributed by atoms with Gasteiger partial charge in [-0.05, 0) is 44.5 Å². The van der Waals surface area contributed by atoms with Gasteiger partial charge in [-0.25, -0.2) is 0 Å². The summed E-state index contributed by atoms with van der Waals surface area (Å²) in [6.07, 6.45) is 0. The van der Waals surface area contributed by atoms with E-state index >= 15 is 0 Å². The third-order valence-electron chi connectivity index (χ3n) is 2.74. The zero-order valence-electron chi connectivity index (χ0n) is 11.8. The lowest BCUT2D eigenvalue weighted by molar-refractivity contribution is 0.624. The van der Waals surface area contributed by atoms with Crippen LogP contribution in [0.5, 0.6) is 11.5 Å². The Bertz CT molecular complexity index is 597. The summed E-state index contributed by atoms with van der Waals surface area (Å²) in [5, 5.41) is 0. The quantitative estimate of drug-likeness (QED) is 0.671. The first-order valence-electron chi connectivity index (χ1n) is 6.28. The largest absolute Gasteiger partial charge is 0.454 e. The predicted octanol–water partition coefficient (Wildman–Crippen LogP) is 5.62. The molecule has 0 aromatic heterocycles. The molecule has 104 valence electrons. The third-order valence-corrected chi connectivity index (χ3v) is 3.99. The molecule has 1 atom stereocenters. The fraction of sp³-hybridized carbons (Fsp3) is 0.200. The number of benzene rings is 2. The molecule has 0 radical (unpaired) electrons. The Morgan fingerprint density at radius 3 is 2.35 bits per heavy atom. The first-order valence-corrected chi connectivity index (χ1v) is 7.90. The smallest absolute Gasteiger partial charge is 0.249 e. The van der Waals surface area contributed by atoms with Gasteiger partial charge in [0, 0.05) is 0 Å². The summed E-state index contributed by atoms with van der Waals surface area (Å²) >= 11 is 0. The van der Waals surface area contributed by atoms with Crippen molar-refractivity contribution in [2.24, 2.45) is 4.52 Å². The Labute approximate surface area is 123 Å². The topological polar surface area (TPSA) is 30.8 Å². The van der Waals surface area contributed by atoms with E-state index in [2.05, 4.69) is 17.5 Å². The van der Waals surface area contributed by atoms with Crippen LogP contribution in [-0.4, -0.2) is 0 Å². The maximum Gasteiger partial charge on any atom is 0.249 e. The Hall–Kier alpha value is -1.43. The average Bonchev–Trinajstić information content (AvgIpc) is 2.42.